The van der Waals surface area contributed by atoms with Crippen LogP contribution >= 0.6 is 22.9 Å². The number of halogens is 2. The lowest BCUT2D eigenvalue weighted by Crippen LogP contribution is -2.29. The number of aliphatic hydroxyl groups is 1. The number of carbonyl (C=O) groups excluding carboxylic acids is 2. The molecule has 1 saturated heterocycles. The van der Waals surface area contributed by atoms with E-state index >= 15 is 0 Å². The molecule has 0 bridgehead atoms. The van der Waals surface area contributed by atoms with Crippen LogP contribution in [0.3, 0.4) is 0 Å². The van der Waals surface area contributed by atoms with Crippen molar-refractivity contribution in [2.75, 3.05) is 4.90 Å². The fraction of sp³-hybridized carbons (Fsp3) is 0.148. The Hall–Kier alpha value is -3.55. The predicted octanol–water partition coefficient (Wildman–Crippen LogP) is 6.84. The molecule has 1 aromatic heterocycles. The second-order valence-electron chi connectivity index (χ2n) is 8.61. The van der Waals surface area contributed by atoms with Gasteiger partial charge in [0.25, 0.3) is 5.78 Å². The van der Waals surface area contributed by atoms with E-state index in [-0.39, 0.29) is 16.5 Å². The fourth-order valence-electron chi connectivity index (χ4n) is 4.16. The van der Waals surface area contributed by atoms with Gasteiger partial charge >= 0.3 is 5.91 Å². The highest BCUT2D eigenvalue weighted by molar-refractivity contribution is 7.22. The van der Waals surface area contributed by atoms with Crippen LogP contribution in [-0.2, 0) is 9.59 Å². The standard InChI is InChI=1S/C27H20ClFN2O3S/c1-14(2)15-3-5-16(6-4-15)23-22(24(32)17-7-9-18(28)10-8-17)25(33)26(34)31(23)27-30-20-12-11-19(29)13-21(20)35-27/h3-14,23,32H,1-2H3/b24-22+. The van der Waals surface area contributed by atoms with E-state index in [0.29, 0.717) is 32.3 Å². The Morgan fingerprint density at radius 1 is 1.06 bits per heavy atom. The van der Waals surface area contributed by atoms with Crippen LogP contribution in [0.2, 0.25) is 5.02 Å². The average molecular weight is 507 g/mol. The monoisotopic (exact) mass is 506 g/mol. The third-order valence-corrected chi connectivity index (χ3v) is 7.30. The SMILES string of the molecule is CC(C)c1ccc(C2/C(=C(\O)c3ccc(Cl)cc3)C(=O)C(=O)N2c2nc3ccc(F)cc3s2)cc1. The lowest BCUT2D eigenvalue weighted by Gasteiger charge is -2.23. The number of hydrogen-bond donors (Lipinski definition) is 1. The third kappa shape index (κ3) is 4.11. The minimum Gasteiger partial charge on any atom is -0.507 e. The molecule has 1 aliphatic heterocycles. The van der Waals surface area contributed by atoms with Gasteiger partial charge in [0, 0.05) is 10.6 Å². The van der Waals surface area contributed by atoms with E-state index in [2.05, 4.69) is 18.8 Å². The fourth-order valence-corrected chi connectivity index (χ4v) is 5.30. The number of amides is 1. The Kier molecular flexibility index (Phi) is 5.91. The molecule has 1 atom stereocenters. The Morgan fingerprint density at radius 3 is 2.40 bits per heavy atom. The summed E-state index contributed by atoms with van der Waals surface area (Å²) in [5.41, 5.74) is 2.58. The van der Waals surface area contributed by atoms with Crippen molar-refractivity contribution >= 4 is 55.7 Å². The molecule has 4 aromatic rings. The first-order valence-corrected chi connectivity index (χ1v) is 12.2. The van der Waals surface area contributed by atoms with E-state index in [1.54, 1.807) is 24.3 Å². The molecule has 0 radical (unpaired) electrons. The first-order valence-electron chi connectivity index (χ1n) is 11.0. The van der Waals surface area contributed by atoms with Gasteiger partial charge in [0.2, 0.25) is 0 Å². The number of nitrogens with zero attached hydrogens (tertiary/aromatic N) is 2. The van der Waals surface area contributed by atoms with E-state index in [4.69, 9.17) is 11.6 Å². The van der Waals surface area contributed by atoms with Crippen LogP contribution in [0, 0.1) is 5.82 Å². The Morgan fingerprint density at radius 2 is 1.74 bits per heavy atom. The quantitative estimate of drug-likeness (QED) is 0.187. The molecule has 1 amide bonds. The van der Waals surface area contributed by atoms with Crippen LogP contribution < -0.4 is 4.90 Å². The lowest BCUT2D eigenvalue weighted by atomic mass is 9.93. The first kappa shape index (κ1) is 23.2. The number of benzene rings is 3. The number of anilines is 1. The van der Waals surface area contributed by atoms with Crippen LogP contribution in [0.5, 0.6) is 0 Å². The molecule has 1 aliphatic rings. The van der Waals surface area contributed by atoms with Crippen molar-refractivity contribution in [3.63, 3.8) is 0 Å². The highest BCUT2D eigenvalue weighted by atomic mass is 35.5. The predicted molar refractivity (Wildman–Crippen MR) is 136 cm³/mol. The molecule has 2 heterocycles. The van der Waals surface area contributed by atoms with E-state index in [1.807, 2.05) is 24.3 Å². The molecule has 5 nitrogen and oxygen atoms in total. The molecule has 35 heavy (non-hydrogen) atoms. The van der Waals surface area contributed by atoms with E-state index < -0.39 is 23.5 Å². The van der Waals surface area contributed by atoms with Crippen LogP contribution in [0.4, 0.5) is 9.52 Å². The molecule has 176 valence electrons. The zero-order valence-electron chi connectivity index (χ0n) is 18.8. The summed E-state index contributed by atoms with van der Waals surface area (Å²) in [6.45, 7) is 4.14. The van der Waals surface area contributed by atoms with Crippen molar-refractivity contribution in [3.8, 4) is 0 Å². The van der Waals surface area contributed by atoms with Crippen LogP contribution in [-0.4, -0.2) is 21.8 Å². The number of aliphatic hydroxyl groups excluding tert-OH is 1. The molecule has 0 saturated carbocycles. The molecule has 1 fully saturated rings. The third-order valence-electron chi connectivity index (χ3n) is 6.03. The molecular formula is C27H20ClFN2O3S. The minimum atomic E-state index is -0.905. The number of fused-ring (bicyclic) bond motifs is 1. The summed E-state index contributed by atoms with van der Waals surface area (Å²) in [6.07, 6.45) is 0. The van der Waals surface area contributed by atoms with E-state index in [9.17, 15) is 19.1 Å². The van der Waals surface area contributed by atoms with Gasteiger partial charge in [-0.3, -0.25) is 14.5 Å². The van der Waals surface area contributed by atoms with Crippen LogP contribution in [0.15, 0.2) is 72.3 Å². The number of aromatic nitrogens is 1. The average Bonchev–Trinajstić information content (AvgIpc) is 3.37. The second-order valence-corrected chi connectivity index (χ2v) is 10.1. The zero-order chi connectivity index (χ0) is 24.9. The van der Waals surface area contributed by atoms with Crippen molar-refractivity contribution < 1.29 is 19.1 Å². The number of rotatable bonds is 4. The number of hydrogen-bond acceptors (Lipinski definition) is 5. The number of ketones is 1. The Balaban J connectivity index is 1.71. The minimum absolute atomic E-state index is 0.0416. The molecular weight excluding hydrogens is 487 g/mol. The maximum absolute atomic E-state index is 13.8. The van der Waals surface area contributed by atoms with Gasteiger partial charge in [-0.15, -0.1) is 0 Å². The Bertz CT molecular complexity index is 1490. The maximum Gasteiger partial charge on any atom is 0.301 e. The van der Waals surface area contributed by atoms with Gasteiger partial charge in [-0.2, -0.15) is 0 Å². The van der Waals surface area contributed by atoms with E-state index in [0.717, 1.165) is 16.9 Å². The van der Waals surface area contributed by atoms with Gasteiger partial charge in [-0.05, 0) is 59.5 Å². The number of thiazole rings is 1. The van der Waals surface area contributed by atoms with Crippen molar-refractivity contribution in [1.29, 1.82) is 0 Å². The molecule has 1 N–H and O–H groups in total. The number of carbonyl (C=O) groups is 2. The van der Waals surface area contributed by atoms with Crippen molar-refractivity contribution in [2.24, 2.45) is 0 Å². The highest BCUT2D eigenvalue weighted by Gasteiger charge is 2.48. The molecule has 3 aromatic carbocycles. The maximum atomic E-state index is 13.8. The zero-order valence-corrected chi connectivity index (χ0v) is 20.4. The summed E-state index contributed by atoms with van der Waals surface area (Å²) in [4.78, 5) is 32.4. The van der Waals surface area contributed by atoms with Crippen molar-refractivity contribution in [2.45, 2.75) is 25.8 Å². The smallest absolute Gasteiger partial charge is 0.301 e. The molecule has 1 unspecified atom stereocenters. The summed E-state index contributed by atoms with van der Waals surface area (Å²) < 4.78 is 14.3. The molecule has 0 aliphatic carbocycles. The second kappa shape index (κ2) is 8.91. The first-order chi connectivity index (χ1) is 16.7. The van der Waals surface area contributed by atoms with E-state index in [1.165, 1.54) is 23.1 Å². The Labute approximate surface area is 210 Å². The number of Topliss-reactive ketones (excluding diaryl/α,β-unsaturated/α-hetero) is 1. The van der Waals surface area contributed by atoms with Crippen LogP contribution in [0.1, 0.15) is 42.5 Å². The van der Waals surface area contributed by atoms with Crippen molar-refractivity contribution in [3.05, 3.63) is 99.8 Å². The van der Waals surface area contributed by atoms with Gasteiger partial charge in [0.05, 0.1) is 21.8 Å². The topological polar surface area (TPSA) is 70.5 Å². The summed E-state index contributed by atoms with van der Waals surface area (Å²) >= 11 is 7.10. The highest BCUT2D eigenvalue weighted by Crippen LogP contribution is 2.44. The van der Waals surface area contributed by atoms with Gasteiger partial charge < -0.3 is 5.11 Å². The van der Waals surface area contributed by atoms with Gasteiger partial charge in [0.15, 0.2) is 5.13 Å². The summed E-state index contributed by atoms with van der Waals surface area (Å²) in [7, 11) is 0. The van der Waals surface area contributed by atoms with Crippen LogP contribution in [0.25, 0.3) is 16.0 Å². The van der Waals surface area contributed by atoms with Gasteiger partial charge in [-0.1, -0.05) is 61.1 Å². The van der Waals surface area contributed by atoms with Crippen molar-refractivity contribution in [1.82, 2.24) is 4.98 Å². The molecule has 8 heteroatoms. The normalized spacial score (nSPS) is 17.6. The lowest BCUT2D eigenvalue weighted by molar-refractivity contribution is -0.132. The summed E-state index contributed by atoms with van der Waals surface area (Å²) in [5.74, 6) is -2.05. The largest absolute Gasteiger partial charge is 0.507 e. The van der Waals surface area contributed by atoms with Gasteiger partial charge in [-0.25, -0.2) is 9.37 Å². The summed E-state index contributed by atoms with van der Waals surface area (Å²) in [6, 6.07) is 17.2. The van der Waals surface area contributed by atoms with Gasteiger partial charge in [0.1, 0.15) is 11.6 Å². The molecule has 0 spiro atoms. The molecule has 5 rings (SSSR count). The summed E-state index contributed by atoms with van der Waals surface area (Å²) in [5, 5.41) is 11.9.